The van der Waals surface area contributed by atoms with Crippen molar-refractivity contribution in [1.82, 2.24) is 19.1 Å². The lowest BCUT2D eigenvalue weighted by molar-refractivity contribution is 0.322. The van der Waals surface area contributed by atoms with Gasteiger partial charge in [-0.2, -0.15) is 0 Å². The molecule has 0 amide bonds. The summed E-state index contributed by atoms with van der Waals surface area (Å²) in [6.07, 6.45) is 5.25. The molecule has 1 fully saturated rings. The highest BCUT2D eigenvalue weighted by Gasteiger charge is 2.27. The van der Waals surface area contributed by atoms with Crippen molar-refractivity contribution in [3.05, 3.63) is 67.2 Å². The summed E-state index contributed by atoms with van der Waals surface area (Å²) in [4.78, 5) is 23.1. The molecule has 3 heterocycles. The average Bonchev–Trinajstić information content (AvgIpc) is 3.03. The number of nitrogens with two attached hydrogens (primary N) is 1. The standard InChI is InChI=1S/C22H20BrCl2N5O/c23-20-15-2-1-9-27-18(15)19-21(28-20)29(11-12-3-8-16(24)17(25)10-12)22(31)30(19)14-6-4-13(26)5-7-14/h1-3,8-10,13-14H,4-7,11,26H2. The molecule has 0 unspecified atom stereocenters. The number of benzene rings is 1. The number of nitrogens with zero attached hydrogens (tertiary/aromatic N) is 4. The van der Waals surface area contributed by atoms with Gasteiger partial charge in [0.15, 0.2) is 5.65 Å². The van der Waals surface area contributed by atoms with Crippen LogP contribution in [-0.4, -0.2) is 25.1 Å². The monoisotopic (exact) mass is 519 g/mol. The van der Waals surface area contributed by atoms with Crippen molar-refractivity contribution < 1.29 is 0 Å². The van der Waals surface area contributed by atoms with E-state index < -0.39 is 0 Å². The molecule has 0 bridgehead atoms. The van der Waals surface area contributed by atoms with Crippen molar-refractivity contribution in [3.63, 3.8) is 0 Å². The molecule has 0 radical (unpaired) electrons. The summed E-state index contributed by atoms with van der Waals surface area (Å²) in [6.45, 7) is 0.337. The molecule has 1 aliphatic carbocycles. The second-order valence-electron chi connectivity index (χ2n) is 8.03. The van der Waals surface area contributed by atoms with Gasteiger partial charge in [0.2, 0.25) is 0 Å². The van der Waals surface area contributed by atoms with Gasteiger partial charge in [0.25, 0.3) is 0 Å². The fourth-order valence-electron chi connectivity index (χ4n) is 4.46. The molecule has 1 aliphatic rings. The average molecular weight is 521 g/mol. The maximum absolute atomic E-state index is 13.7. The predicted molar refractivity (Wildman–Crippen MR) is 128 cm³/mol. The van der Waals surface area contributed by atoms with Gasteiger partial charge in [0.05, 0.1) is 16.6 Å². The Kier molecular flexibility index (Phi) is 5.54. The molecule has 160 valence electrons. The lowest BCUT2D eigenvalue weighted by Crippen LogP contribution is -2.33. The molecule has 0 saturated heterocycles. The van der Waals surface area contributed by atoms with Gasteiger partial charge in [-0.15, -0.1) is 0 Å². The van der Waals surface area contributed by atoms with E-state index in [0.717, 1.165) is 47.7 Å². The molecule has 4 aromatic rings. The highest BCUT2D eigenvalue weighted by atomic mass is 79.9. The first-order valence-corrected chi connectivity index (χ1v) is 11.7. The predicted octanol–water partition coefficient (Wildman–Crippen LogP) is 5.31. The van der Waals surface area contributed by atoms with Gasteiger partial charge in [-0.25, -0.2) is 9.78 Å². The van der Waals surface area contributed by atoms with E-state index in [1.807, 2.05) is 22.8 Å². The lowest BCUT2D eigenvalue weighted by Gasteiger charge is -2.27. The molecule has 3 aromatic heterocycles. The Morgan fingerprint density at radius 3 is 2.65 bits per heavy atom. The van der Waals surface area contributed by atoms with Crippen LogP contribution in [0, 0.1) is 0 Å². The van der Waals surface area contributed by atoms with E-state index in [1.54, 1.807) is 22.9 Å². The first-order valence-electron chi connectivity index (χ1n) is 10.2. The van der Waals surface area contributed by atoms with E-state index in [-0.39, 0.29) is 17.8 Å². The van der Waals surface area contributed by atoms with Gasteiger partial charge in [0, 0.05) is 23.7 Å². The minimum atomic E-state index is -0.0981. The molecule has 5 rings (SSSR count). The van der Waals surface area contributed by atoms with E-state index in [9.17, 15) is 4.79 Å². The van der Waals surface area contributed by atoms with Crippen LogP contribution in [0.1, 0.15) is 37.3 Å². The summed E-state index contributed by atoms with van der Waals surface area (Å²) in [5.41, 5.74) is 9.03. The van der Waals surface area contributed by atoms with Crippen molar-refractivity contribution >= 4 is 61.2 Å². The molecule has 9 heteroatoms. The second-order valence-corrected chi connectivity index (χ2v) is 9.60. The zero-order chi connectivity index (χ0) is 21.7. The number of hydrogen-bond acceptors (Lipinski definition) is 4. The Morgan fingerprint density at radius 1 is 1.13 bits per heavy atom. The van der Waals surface area contributed by atoms with Gasteiger partial charge >= 0.3 is 5.69 Å². The zero-order valence-electron chi connectivity index (χ0n) is 16.6. The third-order valence-corrected chi connectivity index (χ3v) is 7.38. The molecule has 0 aliphatic heterocycles. The maximum atomic E-state index is 13.7. The summed E-state index contributed by atoms with van der Waals surface area (Å²) in [5.74, 6) is 0. The molecular formula is C22H20BrCl2N5O. The van der Waals surface area contributed by atoms with Crippen molar-refractivity contribution in [2.45, 2.75) is 44.3 Å². The number of imidazole rings is 1. The van der Waals surface area contributed by atoms with Crippen LogP contribution in [0.15, 0.2) is 45.9 Å². The SMILES string of the molecule is NC1CCC(n2c(=O)n(Cc3ccc(Cl)c(Cl)c3)c3nc(Br)c4cccnc4c32)CC1. The molecular weight excluding hydrogens is 501 g/mol. The van der Waals surface area contributed by atoms with Crippen molar-refractivity contribution in [3.8, 4) is 0 Å². The van der Waals surface area contributed by atoms with Crippen LogP contribution in [0.4, 0.5) is 0 Å². The van der Waals surface area contributed by atoms with Gasteiger partial charge in [-0.05, 0) is 71.4 Å². The molecule has 1 aromatic carbocycles. The summed E-state index contributed by atoms with van der Waals surface area (Å²) in [5, 5.41) is 1.82. The van der Waals surface area contributed by atoms with Crippen LogP contribution < -0.4 is 11.4 Å². The molecule has 2 N–H and O–H groups in total. The highest BCUT2D eigenvalue weighted by Crippen LogP contribution is 2.34. The van der Waals surface area contributed by atoms with Gasteiger partial charge < -0.3 is 5.73 Å². The van der Waals surface area contributed by atoms with Crippen LogP contribution in [0.2, 0.25) is 10.0 Å². The van der Waals surface area contributed by atoms with Crippen LogP contribution >= 0.6 is 39.1 Å². The topological polar surface area (TPSA) is 78.7 Å². The molecule has 0 spiro atoms. The fraction of sp³-hybridized carbons (Fsp3) is 0.318. The first kappa shape index (κ1) is 20.9. The van der Waals surface area contributed by atoms with Crippen molar-refractivity contribution in [1.29, 1.82) is 0 Å². The third kappa shape index (κ3) is 3.67. The van der Waals surface area contributed by atoms with Crippen LogP contribution in [0.3, 0.4) is 0 Å². The Labute approximate surface area is 197 Å². The molecule has 1 saturated carbocycles. The second kappa shape index (κ2) is 8.20. The Hall–Kier alpha value is -1.93. The number of hydrogen-bond donors (Lipinski definition) is 1. The fourth-order valence-corrected chi connectivity index (χ4v) is 5.27. The minimum absolute atomic E-state index is 0.0676. The maximum Gasteiger partial charge on any atom is 0.330 e. The number of halogens is 3. The van der Waals surface area contributed by atoms with Crippen LogP contribution in [0.5, 0.6) is 0 Å². The number of fused-ring (bicyclic) bond motifs is 3. The normalized spacial score (nSPS) is 19.4. The quantitative estimate of drug-likeness (QED) is 0.371. The zero-order valence-corrected chi connectivity index (χ0v) is 19.7. The Morgan fingerprint density at radius 2 is 1.90 bits per heavy atom. The highest BCUT2D eigenvalue weighted by molar-refractivity contribution is 9.10. The number of aromatic nitrogens is 4. The van der Waals surface area contributed by atoms with Crippen molar-refractivity contribution in [2.24, 2.45) is 5.73 Å². The number of pyridine rings is 2. The van der Waals surface area contributed by atoms with E-state index in [2.05, 4.69) is 20.9 Å². The third-order valence-electron chi connectivity index (χ3n) is 6.03. The van der Waals surface area contributed by atoms with E-state index >= 15 is 0 Å². The summed E-state index contributed by atoms with van der Waals surface area (Å²) < 4.78 is 4.24. The van der Waals surface area contributed by atoms with E-state index in [0.29, 0.717) is 26.8 Å². The van der Waals surface area contributed by atoms with Crippen LogP contribution in [0.25, 0.3) is 22.1 Å². The molecule has 6 nitrogen and oxygen atoms in total. The largest absolute Gasteiger partial charge is 0.330 e. The van der Waals surface area contributed by atoms with Crippen LogP contribution in [-0.2, 0) is 6.54 Å². The lowest BCUT2D eigenvalue weighted by atomic mass is 9.91. The Bertz CT molecular complexity index is 1360. The molecule has 31 heavy (non-hydrogen) atoms. The summed E-state index contributed by atoms with van der Waals surface area (Å²) >= 11 is 15.9. The van der Waals surface area contributed by atoms with Crippen molar-refractivity contribution in [2.75, 3.05) is 0 Å². The summed E-state index contributed by atoms with van der Waals surface area (Å²) in [7, 11) is 0. The van der Waals surface area contributed by atoms with E-state index in [4.69, 9.17) is 33.9 Å². The number of rotatable bonds is 3. The van der Waals surface area contributed by atoms with Gasteiger partial charge in [-0.1, -0.05) is 29.3 Å². The molecule has 0 atom stereocenters. The van der Waals surface area contributed by atoms with E-state index in [1.165, 1.54) is 0 Å². The Balaban J connectivity index is 1.76. The smallest absolute Gasteiger partial charge is 0.328 e. The van der Waals surface area contributed by atoms with Gasteiger partial charge in [-0.3, -0.25) is 14.1 Å². The minimum Gasteiger partial charge on any atom is -0.328 e. The van der Waals surface area contributed by atoms with Gasteiger partial charge in [0.1, 0.15) is 15.6 Å². The first-order chi connectivity index (χ1) is 14.9. The summed E-state index contributed by atoms with van der Waals surface area (Å²) in [6, 6.07) is 9.49.